The number of carbonyl (C=O) groups is 4. The molecule has 4 atom stereocenters. The average Bonchev–Trinajstić information content (AvgIpc) is 2.34. The van der Waals surface area contributed by atoms with Gasteiger partial charge in [-0.1, -0.05) is 0 Å². The van der Waals surface area contributed by atoms with Crippen LogP contribution >= 0.6 is 0 Å². The van der Waals surface area contributed by atoms with Crippen molar-refractivity contribution in [1.82, 2.24) is 0 Å². The Morgan fingerprint density at radius 2 is 1.18 bits per heavy atom. The highest BCUT2D eigenvalue weighted by atomic mass is 16.7. The topological polar surface area (TPSA) is 114 Å². The van der Waals surface area contributed by atoms with Crippen molar-refractivity contribution in [2.24, 2.45) is 0 Å². The Labute approximate surface area is 126 Å². The Bertz CT molecular complexity index is 416. The van der Waals surface area contributed by atoms with E-state index >= 15 is 0 Å². The Hall–Kier alpha value is -2.16. The summed E-state index contributed by atoms with van der Waals surface area (Å²) in [5, 5.41) is 0. The van der Waals surface area contributed by atoms with Gasteiger partial charge in [0, 0.05) is 27.7 Å². The zero-order valence-electron chi connectivity index (χ0n) is 12.7. The third-order valence-corrected chi connectivity index (χ3v) is 2.59. The van der Waals surface area contributed by atoms with Crippen LogP contribution < -0.4 is 0 Å². The van der Waals surface area contributed by atoms with Crippen molar-refractivity contribution in [2.45, 2.75) is 52.3 Å². The van der Waals surface area contributed by atoms with Crippen molar-refractivity contribution >= 4 is 23.9 Å². The van der Waals surface area contributed by atoms with Crippen LogP contribution in [0.25, 0.3) is 0 Å². The van der Waals surface area contributed by atoms with E-state index in [4.69, 9.17) is 23.7 Å². The smallest absolute Gasteiger partial charge is 0.305 e. The number of carbonyl (C=O) groups excluding carboxylic acids is 4. The molecule has 0 unspecified atom stereocenters. The lowest BCUT2D eigenvalue weighted by Gasteiger charge is -2.39. The summed E-state index contributed by atoms with van der Waals surface area (Å²) in [5.74, 6) is -2.68. The zero-order chi connectivity index (χ0) is 16.9. The fourth-order valence-electron chi connectivity index (χ4n) is 1.97. The summed E-state index contributed by atoms with van der Waals surface area (Å²) in [6.07, 6.45) is -4.65. The van der Waals surface area contributed by atoms with Crippen LogP contribution in [0.4, 0.5) is 0 Å². The van der Waals surface area contributed by atoms with Gasteiger partial charge in [0.2, 0.25) is 12.4 Å². The van der Waals surface area contributed by atoms with Crippen molar-refractivity contribution in [3.05, 3.63) is 0 Å². The summed E-state index contributed by atoms with van der Waals surface area (Å²) in [6.45, 7) is 4.40. The molecule has 1 aliphatic rings. The van der Waals surface area contributed by atoms with Gasteiger partial charge in [0.05, 0.1) is 6.61 Å². The molecule has 1 heterocycles. The first-order valence-corrected chi connectivity index (χ1v) is 6.51. The van der Waals surface area contributed by atoms with Crippen molar-refractivity contribution in [1.29, 1.82) is 0 Å². The molecule has 1 saturated heterocycles. The maximum atomic E-state index is 11.3. The molecule has 22 heavy (non-hydrogen) atoms. The number of ether oxygens (including phenoxy) is 5. The Morgan fingerprint density at radius 1 is 0.727 bits per heavy atom. The van der Waals surface area contributed by atoms with E-state index < -0.39 is 48.5 Å². The molecule has 1 rings (SSSR count). The van der Waals surface area contributed by atoms with Gasteiger partial charge in [-0.05, 0) is 0 Å². The number of esters is 4. The molecular formula is C13H18O9. The summed E-state index contributed by atoms with van der Waals surface area (Å²) in [5.41, 5.74) is 0. The predicted molar refractivity (Wildman–Crippen MR) is 68.2 cm³/mol. The molecule has 0 aromatic heterocycles. The second-order valence-corrected chi connectivity index (χ2v) is 4.61. The lowest BCUT2D eigenvalue weighted by molar-refractivity contribution is -0.273. The van der Waals surface area contributed by atoms with Crippen LogP contribution in [-0.4, -0.2) is 55.1 Å². The van der Waals surface area contributed by atoms with Gasteiger partial charge in [0.15, 0.2) is 12.2 Å². The van der Waals surface area contributed by atoms with Gasteiger partial charge in [-0.2, -0.15) is 0 Å². The molecule has 0 aromatic rings. The maximum absolute atomic E-state index is 11.3. The number of rotatable bonds is 4. The molecule has 0 spiro atoms. The van der Waals surface area contributed by atoms with Crippen LogP contribution in [0.2, 0.25) is 0 Å². The SMILES string of the molecule is CC(=O)O[C@H]1OC[C@H](OC(C)=O)[C@H](OC(C)=O)[C@H]1OC(C)=O. The van der Waals surface area contributed by atoms with Gasteiger partial charge in [-0.15, -0.1) is 0 Å². The van der Waals surface area contributed by atoms with Gasteiger partial charge in [-0.3, -0.25) is 19.2 Å². The van der Waals surface area contributed by atoms with Crippen LogP contribution in [0.5, 0.6) is 0 Å². The summed E-state index contributed by atoms with van der Waals surface area (Å²) in [7, 11) is 0. The molecule has 0 saturated carbocycles. The zero-order valence-corrected chi connectivity index (χ0v) is 12.7. The summed E-state index contributed by atoms with van der Waals surface area (Å²) in [4.78, 5) is 44.7. The second kappa shape index (κ2) is 7.74. The fourth-order valence-corrected chi connectivity index (χ4v) is 1.97. The van der Waals surface area contributed by atoms with Gasteiger partial charge >= 0.3 is 23.9 Å². The molecule has 1 fully saturated rings. The Kier molecular flexibility index (Phi) is 6.29. The summed E-state index contributed by atoms with van der Waals surface area (Å²) in [6, 6.07) is 0. The van der Waals surface area contributed by atoms with E-state index in [1.54, 1.807) is 0 Å². The molecule has 0 radical (unpaired) electrons. The maximum Gasteiger partial charge on any atom is 0.305 e. The first-order chi connectivity index (χ1) is 10.2. The molecule has 9 heteroatoms. The van der Waals surface area contributed by atoms with Crippen LogP contribution in [0, 0.1) is 0 Å². The largest absolute Gasteiger partial charge is 0.456 e. The predicted octanol–water partition coefficient (Wildman–Crippen LogP) is -0.299. The molecule has 0 bridgehead atoms. The Morgan fingerprint density at radius 3 is 1.64 bits per heavy atom. The highest BCUT2D eigenvalue weighted by Gasteiger charge is 2.48. The number of hydrogen-bond acceptors (Lipinski definition) is 9. The molecule has 0 amide bonds. The Balaban J connectivity index is 3.03. The highest BCUT2D eigenvalue weighted by molar-refractivity contribution is 5.69. The van der Waals surface area contributed by atoms with E-state index in [-0.39, 0.29) is 6.61 Å². The third kappa shape index (κ3) is 5.32. The molecule has 0 aromatic carbocycles. The second-order valence-electron chi connectivity index (χ2n) is 4.61. The average molecular weight is 318 g/mol. The molecule has 0 aliphatic carbocycles. The van der Waals surface area contributed by atoms with Crippen molar-refractivity contribution < 1.29 is 42.9 Å². The van der Waals surface area contributed by atoms with Crippen molar-refractivity contribution in [3.8, 4) is 0 Å². The molecule has 0 N–H and O–H groups in total. The summed E-state index contributed by atoms with van der Waals surface area (Å²) >= 11 is 0. The van der Waals surface area contributed by atoms with E-state index in [0.29, 0.717) is 0 Å². The first-order valence-electron chi connectivity index (χ1n) is 6.51. The monoisotopic (exact) mass is 318 g/mol. The molecule has 9 nitrogen and oxygen atoms in total. The van der Waals surface area contributed by atoms with E-state index in [0.717, 1.165) is 20.8 Å². The van der Waals surface area contributed by atoms with E-state index in [1.807, 2.05) is 0 Å². The van der Waals surface area contributed by atoms with Gasteiger partial charge in [-0.25, -0.2) is 0 Å². The standard InChI is InChI=1S/C13H18O9/c1-6(14)19-10-5-18-13(22-9(4)17)12(21-8(3)16)11(10)20-7(2)15/h10-13H,5H2,1-4H3/t10-,11-,12+,13+/m0/s1. The van der Waals surface area contributed by atoms with Crippen LogP contribution in [0.3, 0.4) is 0 Å². The summed E-state index contributed by atoms with van der Waals surface area (Å²) < 4.78 is 25.2. The van der Waals surface area contributed by atoms with Crippen molar-refractivity contribution in [3.63, 3.8) is 0 Å². The normalized spacial score (nSPS) is 27.5. The van der Waals surface area contributed by atoms with Crippen LogP contribution in [0.1, 0.15) is 27.7 Å². The minimum atomic E-state index is -1.27. The van der Waals surface area contributed by atoms with Gasteiger partial charge in [0.25, 0.3) is 0 Å². The molecule has 124 valence electrons. The minimum Gasteiger partial charge on any atom is -0.456 e. The first kappa shape index (κ1) is 17.9. The fraction of sp³-hybridized carbons (Fsp3) is 0.692. The lowest BCUT2D eigenvalue weighted by atomic mass is 10.0. The van der Waals surface area contributed by atoms with Crippen LogP contribution in [-0.2, 0) is 42.9 Å². The molecular weight excluding hydrogens is 300 g/mol. The quantitative estimate of drug-likeness (QED) is 0.509. The van der Waals surface area contributed by atoms with Crippen LogP contribution in [0.15, 0.2) is 0 Å². The van der Waals surface area contributed by atoms with Crippen molar-refractivity contribution in [2.75, 3.05) is 6.61 Å². The minimum absolute atomic E-state index is 0.187. The van der Waals surface area contributed by atoms with E-state index in [2.05, 4.69) is 0 Å². The third-order valence-electron chi connectivity index (χ3n) is 2.59. The lowest BCUT2D eigenvalue weighted by Crippen LogP contribution is -2.58. The van der Waals surface area contributed by atoms with Gasteiger partial charge in [0.1, 0.15) is 0 Å². The number of hydrogen-bond donors (Lipinski definition) is 0. The highest BCUT2D eigenvalue weighted by Crippen LogP contribution is 2.25. The van der Waals surface area contributed by atoms with E-state index in [1.165, 1.54) is 6.92 Å². The molecule has 1 aliphatic heterocycles. The van der Waals surface area contributed by atoms with Gasteiger partial charge < -0.3 is 23.7 Å². The van der Waals surface area contributed by atoms with E-state index in [9.17, 15) is 19.2 Å².